The number of para-hydroxylation sites is 1. The van der Waals surface area contributed by atoms with E-state index < -0.39 is 0 Å². The summed E-state index contributed by atoms with van der Waals surface area (Å²) >= 11 is 0. The van der Waals surface area contributed by atoms with Crippen LogP contribution in [0.5, 0.6) is 5.75 Å². The first-order valence-corrected chi connectivity index (χ1v) is 11.7. The quantitative estimate of drug-likeness (QED) is 0.363. The highest BCUT2D eigenvalue weighted by atomic mass is 16.5. The van der Waals surface area contributed by atoms with Crippen molar-refractivity contribution >= 4 is 28.3 Å². The van der Waals surface area contributed by atoms with Crippen LogP contribution < -0.4 is 15.5 Å². The third-order valence-electron chi connectivity index (χ3n) is 5.96. The molecule has 0 radical (unpaired) electrons. The van der Waals surface area contributed by atoms with Crippen LogP contribution in [-0.2, 0) is 17.8 Å². The number of nitrogens with one attached hydrogen (secondary N) is 1. The van der Waals surface area contributed by atoms with Crippen LogP contribution in [0, 0.1) is 6.92 Å². The average molecular weight is 469 g/mol. The molecule has 0 fully saturated rings. The number of ketones is 1. The van der Waals surface area contributed by atoms with Crippen molar-refractivity contribution in [1.29, 1.82) is 0 Å². The number of ether oxygens (including phenoxy) is 1. The summed E-state index contributed by atoms with van der Waals surface area (Å²) in [7, 11) is 0. The standard InChI is InChI=1S/C29H28N2O4/c1-4-20-10-12-21(13-11-20)28(33)24-17-31(18-27(32)30-25-9-7-6-8-19(25)3)26-15-14-22(35-5-2)16-23(26)29(24)34/h6-17H,4-5,18H2,1-3H3,(H,30,32). The van der Waals surface area contributed by atoms with Gasteiger partial charge >= 0.3 is 0 Å². The zero-order chi connectivity index (χ0) is 24.9. The average Bonchev–Trinajstić information content (AvgIpc) is 2.87. The van der Waals surface area contributed by atoms with Crippen LogP contribution in [-0.4, -0.2) is 22.9 Å². The van der Waals surface area contributed by atoms with E-state index in [1.807, 2.05) is 57.2 Å². The third kappa shape index (κ3) is 5.17. The zero-order valence-electron chi connectivity index (χ0n) is 20.1. The van der Waals surface area contributed by atoms with E-state index >= 15 is 0 Å². The van der Waals surface area contributed by atoms with E-state index in [0.29, 0.717) is 34.5 Å². The van der Waals surface area contributed by atoms with Gasteiger partial charge in [0.15, 0.2) is 5.78 Å². The van der Waals surface area contributed by atoms with Crippen LogP contribution in [0.2, 0.25) is 0 Å². The van der Waals surface area contributed by atoms with Gasteiger partial charge in [-0.05, 0) is 55.7 Å². The number of fused-ring (bicyclic) bond motifs is 1. The van der Waals surface area contributed by atoms with Gasteiger partial charge in [0.2, 0.25) is 11.3 Å². The highest BCUT2D eigenvalue weighted by molar-refractivity contribution is 6.10. The predicted octanol–water partition coefficient (Wildman–Crippen LogP) is 5.14. The third-order valence-corrected chi connectivity index (χ3v) is 5.96. The first-order valence-electron chi connectivity index (χ1n) is 11.7. The van der Waals surface area contributed by atoms with E-state index in [1.165, 1.54) is 6.20 Å². The second-order valence-electron chi connectivity index (χ2n) is 8.35. The van der Waals surface area contributed by atoms with Crippen molar-refractivity contribution in [1.82, 2.24) is 4.57 Å². The summed E-state index contributed by atoms with van der Waals surface area (Å²) < 4.78 is 7.23. The monoisotopic (exact) mass is 468 g/mol. The van der Waals surface area contributed by atoms with Crippen LogP contribution in [0.3, 0.4) is 0 Å². The summed E-state index contributed by atoms with van der Waals surface area (Å²) in [5.74, 6) is -0.108. The Morgan fingerprint density at radius 1 is 0.971 bits per heavy atom. The van der Waals surface area contributed by atoms with E-state index in [0.717, 1.165) is 17.5 Å². The predicted molar refractivity (Wildman–Crippen MR) is 138 cm³/mol. The molecule has 178 valence electrons. The lowest BCUT2D eigenvalue weighted by atomic mass is 10.0. The van der Waals surface area contributed by atoms with E-state index in [4.69, 9.17) is 4.74 Å². The zero-order valence-corrected chi connectivity index (χ0v) is 20.1. The molecule has 6 heteroatoms. The Morgan fingerprint density at radius 3 is 2.40 bits per heavy atom. The minimum Gasteiger partial charge on any atom is -0.494 e. The lowest BCUT2D eigenvalue weighted by Crippen LogP contribution is -2.24. The highest BCUT2D eigenvalue weighted by Crippen LogP contribution is 2.21. The van der Waals surface area contributed by atoms with Gasteiger partial charge in [-0.2, -0.15) is 0 Å². The summed E-state index contributed by atoms with van der Waals surface area (Å²) in [5, 5.41) is 3.24. The minimum absolute atomic E-state index is 0.0130. The number of anilines is 1. The number of amides is 1. The normalized spacial score (nSPS) is 10.8. The van der Waals surface area contributed by atoms with E-state index in [-0.39, 0.29) is 29.2 Å². The molecule has 1 aromatic heterocycles. The van der Waals surface area contributed by atoms with E-state index in [1.54, 1.807) is 34.9 Å². The lowest BCUT2D eigenvalue weighted by molar-refractivity contribution is -0.116. The molecule has 0 bridgehead atoms. The fraction of sp³-hybridized carbons (Fsp3) is 0.207. The summed E-state index contributed by atoms with van der Waals surface area (Å²) in [5.41, 5.74) is 3.37. The maximum atomic E-state index is 13.4. The summed E-state index contributed by atoms with van der Waals surface area (Å²) in [4.78, 5) is 39.7. The smallest absolute Gasteiger partial charge is 0.244 e. The molecule has 0 saturated heterocycles. The number of nitrogens with zero attached hydrogens (tertiary/aromatic N) is 1. The largest absolute Gasteiger partial charge is 0.494 e. The number of carbonyl (C=O) groups is 2. The second kappa shape index (κ2) is 10.4. The highest BCUT2D eigenvalue weighted by Gasteiger charge is 2.19. The number of benzene rings is 3. The first kappa shape index (κ1) is 24.0. The van der Waals surface area contributed by atoms with Gasteiger partial charge in [-0.25, -0.2) is 0 Å². The number of pyridine rings is 1. The Hall–Kier alpha value is -4.19. The molecule has 0 spiro atoms. The van der Waals surface area contributed by atoms with Crippen LogP contribution in [0.15, 0.2) is 77.7 Å². The van der Waals surface area contributed by atoms with Crippen molar-refractivity contribution in [2.45, 2.75) is 33.7 Å². The molecule has 4 rings (SSSR count). The molecule has 0 atom stereocenters. The van der Waals surface area contributed by atoms with Crippen molar-refractivity contribution in [3.05, 3.63) is 105 Å². The number of aromatic nitrogens is 1. The van der Waals surface area contributed by atoms with Gasteiger partial charge in [0.25, 0.3) is 0 Å². The molecular formula is C29H28N2O4. The lowest BCUT2D eigenvalue weighted by Gasteiger charge is -2.15. The van der Waals surface area contributed by atoms with E-state index in [2.05, 4.69) is 5.32 Å². The molecule has 6 nitrogen and oxygen atoms in total. The van der Waals surface area contributed by atoms with Gasteiger partial charge in [0.05, 0.1) is 23.1 Å². The Bertz CT molecular complexity index is 1450. The van der Waals surface area contributed by atoms with Crippen LogP contribution in [0.4, 0.5) is 5.69 Å². The Labute approximate surface area is 204 Å². The molecule has 1 N–H and O–H groups in total. The van der Waals surface area contributed by atoms with Crippen LogP contribution in [0.25, 0.3) is 10.9 Å². The molecule has 0 aliphatic rings. The number of rotatable bonds is 8. The van der Waals surface area contributed by atoms with Crippen molar-refractivity contribution in [3.8, 4) is 5.75 Å². The fourth-order valence-electron chi connectivity index (χ4n) is 4.03. The van der Waals surface area contributed by atoms with Gasteiger partial charge in [0, 0.05) is 17.4 Å². The van der Waals surface area contributed by atoms with Crippen molar-refractivity contribution in [3.63, 3.8) is 0 Å². The molecule has 0 unspecified atom stereocenters. The van der Waals surface area contributed by atoms with Gasteiger partial charge in [-0.3, -0.25) is 14.4 Å². The molecule has 35 heavy (non-hydrogen) atoms. The minimum atomic E-state index is -0.387. The van der Waals surface area contributed by atoms with Gasteiger partial charge < -0.3 is 14.6 Å². The molecule has 0 saturated carbocycles. The van der Waals surface area contributed by atoms with Crippen LogP contribution in [0.1, 0.15) is 40.9 Å². The maximum absolute atomic E-state index is 13.4. The fourth-order valence-corrected chi connectivity index (χ4v) is 4.03. The Morgan fingerprint density at radius 2 is 1.71 bits per heavy atom. The summed E-state index contributed by atoms with van der Waals surface area (Å²) in [6.07, 6.45) is 2.34. The number of aryl methyl sites for hydroxylation is 2. The van der Waals surface area contributed by atoms with Crippen LogP contribution >= 0.6 is 0 Å². The summed E-state index contributed by atoms with van der Waals surface area (Å²) in [6.45, 7) is 6.20. The van der Waals surface area contributed by atoms with Gasteiger partial charge in [-0.15, -0.1) is 0 Å². The number of hydrogen-bond acceptors (Lipinski definition) is 4. The number of hydrogen-bond donors (Lipinski definition) is 1. The summed E-state index contributed by atoms with van der Waals surface area (Å²) in [6, 6.07) is 19.9. The van der Waals surface area contributed by atoms with Crippen molar-refractivity contribution < 1.29 is 14.3 Å². The van der Waals surface area contributed by atoms with Crippen molar-refractivity contribution in [2.75, 3.05) is 11.9 Å². The molecular weight excluding hydrogens is 440 g/mol. The maximum Gasteiger partial charge on any atom is 0.244 e. The van der Waals surface area contributed by atoms with Gasteiger partial charge in [-0.1, -0.05) is 49.4 Å². The SMILES string of the molecule is CCOc1ccc2c(c1)c(=O)c(C(=O)c1ccc(CC)cc1)cn2CC(=O)Nc1ccccc1C. The topological polar surface area (TPSA) is 77.4 Å². The molecule has 1 amide bonds. The van der Waals surface area contributed by atoms with Crippen molar-refractivity contribution in [2.24, 2.45) is 0 Å². The molecule has 0 aliphatic carbocycles. The molecule has 0 aliphatic heterocycles. The molecule has 3 aromatic carbocycles. The Kier molecular flexibility index (Phi) is 7.11. The molecule has 4 aromatic rings. The second-order valence-corrected chi connectivity index (χ2v) is 8.35. The number of carbonyl (C=O) groups excluding carboxylic acids is 2. The first-order chi connectivity index (χ1) is 16.9. The Balaban J connectivity index is 1.78. The van der Waals surface area contributed by atoms with Gasteiger partial charge in [0.1, 0.15) is 12.3 Å². The molecule has 1 heterocycles. The van der Waals surface area contributed by atoms with E-state index in [9.17, 15) is 14.4 Å².